The Kier molecular flexibility index (Phi) is 7.56. The third-order valence-corrected chi connectivity index (χ3v) is 5.04. The number of aromatic nitrogens is 2. The van der Waals surface area contributed by atoms with Gasteiger partial charge in [-0.3, -0.25) is 4.79 Å². The Hall–Kier alpha value is -3.20. The summed E-state index contributed by atoms with van der Waals surface area (Å²) < 4.78 is 21.7. The average molecular weight is 429 g/mol. The molecule has 1 N–H and O–H groups in total. The number of nitrogens with zero attached hydrogens (tertiary/aromatic N) is 2. The van der Waals surface area contributed by atoms with Crippen LogP contribution in [-0.4, -0.2) is 49.7 Å². The molecule has 1 amide bonds. The van der Waals surface area contributed by atoms with E-state index < -0.39 is 0 Å². The third kappa shape index (κ3) is 5.44. The van der Waals surface area contributed by atoms with E-state index in [0.717, 1.165) is 6.42 Å². The topological polar surface area (TPSA) is 95.7 Å². The second-order valence-corrected chi connectivity index (χ2v) is 7.09. The van der Waals surface area contributed by atoms with E-state index in [-0.39, 0.29) is 11.7 Å². The van der Waals surface area contributed by atoms with Crippen LogP contribution in [0.3, 0.4) is 0 Å². The Balaban J connectivity index is 1.56. The summed E-state index contributed by atoms with van der Waals surface area (Å²) in [6.07, 6.45) is 0.781. The fourth-order valence-electron chi connectivity index (χ4n) is 2.76. The molecule has 0 atom stereocenters. The van der Waals surface area contributed by atoms with Crippen molar-refractivity contribution >= 4 is 17.7 Å². The van der Waals surface area contributed by atoms with Crippen LogP contribution in [0.1, 0.15) is 5.56 Å². The minimum atomic E-state index is -0.0940. The number of carbonyl (C=O) groups is 1. The molecule has 2 aromatic carbocycles. The maximum Gasteiger partial charge on any atom is 0.277 e. The number of hydrogen-bond acceptors (Lipinski definition) is 8. The van der Waals surface area contributed by atoms with Crippen molar-refractivity contribution in [3.8, 4) is 28.7 Å². The van der Waals surface area contributed by atoms with Gasteiger partial charge >= 0.3 is 0 Å². The second kappa shape index (κ2) is 10.5. The van der Waals surface area contributed by atoms with Crippen molar-refractivity contribution in [2.24, 2.45) is 0 Å². The van der Waals surface area contributed by atoms with Gasteiger partial charge in [-0.05, 0) is 24.1 Å². The molecular weight excluding hydrogens is 406 g/mol. The molecule has 0 saturated heterocycles. The van der Waals surface area contributed by atoms with Crippen LogP contribution in [0.15, 0.2) is 52.1 Å². The van der Waals surface area contributed by atoms with Crippen LogP contribution in [0.25, 0.3) is 11.5 Å². The third-order valence-electron chi connectivity index (χ3n) is 4.22. The molecule has 0 radical (unpaired) electrons. The van der Waals surface area contributed by atoms with Gasteiger partial charge in [-0.15, -0.1) is 10.2 Å². The molecule has 1 aromatic heterocycles. The number of ether oxygens (including phenoxy) is 3. The summed E-state index contributed by atoms with van der Waals surface area (Å²) in [7, 11) is 4.60. The van der Waals surface area contributed by atoms with Crippen LogP contribution in [0.4, 0.5) is 0 Å². The number of hydrogen-bond donors (Lipinski definition) is 1. The minimum absolute atomic E-state index is 0.0940. The van der Waals surface area contributed by atoms with Crippen molar-refractivity contribution in [1.29, 1.82) is 0 Å². The summed E-state index contributed by atoms with van der Waals surface area (Å²) in [6.45, 7) is 0.573. The van der Waals surface area contributed by atoms with E-state index in [0.29, 0.717) is 40.5 Å². The fourth-order valence-corrected chi connectivity index (χ4v) is 3.35. The van der Waals surface area contributed by atoms with Gasteiger partial charge in [-0.25, -0.2) is 0 Å². The van der Waals surface area contributed by atoms with Crippen molar-refractivity contribution in [2.75, 3.05) is 33.6 Å². The van der Waals surface area contributed by atoms with Crippen LogP contribution in [0.5, 0.6) is 17.2 Å². The predicted octanol–water partition coefficient (Wildman–Crippen LogP) is 3.21. The van der Waals surface area contributed by atoms with E-state index in [4.69, 9.17) is 18.6 Å². The quantitative estimate of drug-likeness (QED) is 0.491. The van der Waals surface area contributed by atoms with Gasteiger partial charge in [0, 0.05) is 12.1 Å². The molecule has 30 heavy (non-hydrogen) atoms. The first kappa shape index (κ1) is 21.5. The van der Waals surface area contributed by atoms with E-state index in [1.807, 2.05) is 30.3 Å². The molecule has 3 aromatic rings. The van der Waals surface area contributed by atoms with E-state index in [1.54, 1.807) is 12.1 Å². The molecular formula is C21H23N3O5S. The first-order valence-corrected chi connectivity index (χ1v) is 10.2. The Morgan fingerprint density at radius 3 is 2.37 bits per heavy atom. The molecule has 0 aliphatic carbocycles. The van der Waals surface area contributed by atoms with Gasteiger partial charge in [0.25, 0.3) is 5.22 Å². The van der Waals surface area contributed by atoms with Gasteiger partial charge in [0.15, 0.2) is 11.5 Å². The molecule has 0 spiro atoms. The summed E-state index contributed by atoms with van der Waals surface area (Å²) in [5.74, 6) is 1.83. The lowest BCUT2D eigenvalue weighted by Gasteiger charge is -2.12. The molecule has 158 valence electrons. The number of benzene rings is 2. The number of carbonyl (C=O) groups excluding carboxylic acids is 1. The molecule has 0 bridgehead atoms. The lowest BCUT2D eigenvalue weighted by molar-refractivity contribution is -0.118. The molecule has 9 heteroatoms. The van der Waals surface area contributed by atoms with Crippen molar-refractivity contribution in [2.45, 2.75) is 11.6 Å². The van der Waals surface area contributed by atoms with Gasteiger partial charge in [0.05, 0.1) is 27.1 Å². The van der Waals surface area contributed by atoms with Crippen LogP contribution in [-0.2, 0) is 11.2 Å². The van der Waals surface area contributed by atoms with Gasteiger partial charge in [-0.2, -0.15) is 0 Å². The Morgan fingerprint density at radius 1 is 1.03 bits per heavy atom. The number of nitrogens with one attached hydrogen (secondary N) is 1. The molecule has 0 saturated carbocycles. The highest BCUT2D eigenvalue weighted by Gasteiger charge is 2.18. The second-order valence-electron chi connectivity index (χ2n) is 6.16. The molecule has 0 aliphatic heterocycles. The molecule has 8 nitrogen and oxygen atoms in total. The van der Waals surface area contributed by atoms with Gasteiger partial charge in [0.2, 0.25) is 17.5 Å². The number of methoxy groups -OCH3 is 3. The standard InChI is InChI=1S/C21H23N3O5S/c1-26-16-11-15(12-17(27-2)19(16)28-3)20-23-24-21(29-20)30-13-18(25)22-10-9-14-7-5-4-6-8-14/h4-8,11-12H,9-10,13H2,1-3H3,(H,22,25). The van der Waals surface area contributed by atoms with Crippen LogP contribution < -0.4 is 19.5 Å². The van der Waals surface area contributed by atoms with Gasteiger partial charge in [-0.1, -0.05) is 42.1 Å². The zero-order chi connectivity index (χ0) is 21.3. The molecule has 1 heterocycles. The average Bonchev–Trinajstić information content (AvgIpc) is 3.26. The highest BCUT2D eigenvalue weighted by molar-refractivity contribution is 7.99. The summed E-state index contributed by atoms with van der Waals surface area (Å²) >= 11 is 1.18. The molecule has 3 rings (SSSR count). The van der Waals surface area contributed by atoms with Gasteiger partial charge < -0.3 is 23.9 Å². The smallest absolute Gasteiger partial charge is 0.277 e. The van der Waals surface area contributed by atoms with Crippen molar-refractivity contribution < 1.29 is 23.4 Å². The van der Waals surface area contributed by atoms with Crippen LogP contribution in [0, 0.1) is 0 Å². The maximum atomic E-state index is 12.1. The lowest BCUT2D eigenvalue weighted by atomic mass is 10.1. The Morgan fingerprint density at radius 2 is 1.73 bits per heavy atom. The van der Waals surface area contributed by atoms with Crippen molar-refractivity contribution in [1.82, 2.24) is 15.5 Å². The van der Waals surface area contributed by atoms with E-state index in [9.17, 15) is 4.79 Å². The SMILES string of the molecule is COc1cc(-c2nnc(SCC(=O)NCCc3ccccc3)o2)cc(OC)c1OC. The van der Waals surface area contributed by atoms with E-state index in [2.05, 4.69) is 15.5 Å². The Labute approximate surface area is 178 Å². The van der Waals surface area contributed by atoms with Crippen molar-refractivity contribution in [3.63, 3.8) is 0 Å². The monoisotopic (exact) mass is 429 g/mol. The lowest BCUT2D eigenvalue weighted by Crippen LogP contribution is -2.27. The minimum Gasteiger partial charge on any atom is -0.493 e. The summed E-state index contributed by atoms with van der Waals surface area (Å²) in [6, 6.07) is 13.4. The zero-order valence-electron chi connectivity index (χ0n) is 17.0. The highest BCUT2D eigenvalue weighted by Crippen LogP contribution is 2.41. The normalized spacial score (nSPS) is 10.5. The number of amides is 1. The Bertz CT molecular complexity index is 953. The van der Waals surface area contributed by atoms with Crippen molar-refractivity contribution in [3.05, 3.63) is 48.0 Å². The zero-order valence-corrected chi connectivity index (χ0v) is 17.8. The van der Waals surface area contributed by atoms with Gasteiger partial charge in [0.1, 0.15) is 0 Å². The van der Waals surface area contributed by atoms with E-state index in [1.165, 1.54) is 38.7 Å². The first-order valence-electron chi connectivity index (χ1n) is 9.22. The summed E-state index contributed by atoms with van der Waals surface area (Å²) in [5.41, 5.74) is 1.80. The fraction of sp³-hybridized carbons (Fsp3) is 0.286. The van der Waals surface area contributed by atoms with Crippen LogP contribution in [0.2, 0.25) is 0 Å². The predicted molar refractivity (Wildman–Crippen MR) is 113 cm³/mol. The molecule has 0 unspecified atom stereocenters. The summed E-state index contributed by atoms with van der Waals surface area (Å²) in [5, 5.41) is 11.2. The largest absolute Gasteiger partial charge is 0.493 e. The van der Waals surface area contributed by atoms with Crippen LogP contribution >= 0.6 is 11.8 Å². The molecule has 0 aliphatic rings. The molecule has 0 fully saturated rings. The maximum absolute atomic E-state index is 12.1. The number of thioether (sulfide) groups is 1. The van der Waals surface area contributed by atoms with E-state index >= 15 is 0 Å². The summed E-state index contributed by atoms with van der Waals surface area (Å²) in [4.78, 5) is 12.1. The first-order chi connectivity index (χ1) is 14.6. The number of rotatable bonds is 10. The highest BCUT2D eigenvalue weighted by atomic mass is 32.2.